The topological polar surface area (TPSA) is 83.6 Å². The Bertz CT molecular complexity index is 582. The number of alkyl halides is 3. The van der Waals surface area contributed by atoms with E-state index < -0.39 is 17.6 Å². The van der Waals surface area contributed by atoms with Crippen LogP contribution in [-0.2, 0) is 23.9 Å². The molecule has 1 amide bonds. The van der Waals surface area contributed by atoms with Crippen LogP contribution in [0.1, 0.15) is 17.0 Å². The molecule has 1 heterocycles. The third kappa shape index (κ3) is 3.77. The summed E-state index contributed by atoms with van der Waals surface area (Å²) in [7, 11) is 0. The summed E-state index contributed by atoms with van der Waals surface area (Å²) in [5, 5.41) is 15.2. The zero-order valence-corrected chi connectivity index (χ0v) is 10.1. The number of rotatable bonds is 4. The van der Waals surface area contributed by atoms with Crippen LogP contribution in [0.4, 0.5) is 13.2 Å². The number of hydrogen-bond donors (Lipinski definition) is 2. The number of halogens is 3. The van der Waals surface area contributed by atoms with E-state index in [-0.39, 0.29) is 18.8 Å². The molecule has 0 aliphatic rings. The van der Waals surface area contributed by atoms with Gasteiger partial charge in [-0.1, -0.05) is 17.3 Å². The number of benzene rings is 1. The molecule has 0 saturated carbocycles. The van der Waals surface area contributed by atoms with Crippen molar-refractivity contribution < 1.29 is 18.0 Å². The smallest absolute Gasteiger partial charge is 0.352 e. The number of H-pyrrole nitrogens is 1. The fourth-order valence-electron chi connectivity index (χ4n) is 1.52. The van der Waals surface area contributed by atoms with Gasteiger partial charge in [0.25, 0.3) is 0 Å². The number of hydrogen-bond acceptors (Lipinski definition) is 4. The molecular formula is C11H10F3N5O. The molecule has 9 heteroatoms. The summed E-state index contributed by atoms with van der Waals surface area (Å²) >= 11 is 0. The first-order chi connectivity index (χ1) is 9.45. The number of nitrogens with zero attached hydrogens (tertiary/aromatic N) is 3. The predicted molar refractivity (Wildman–Crippen MR) is 61.2 cm³/mol. The van der Waals surface area contributed by atoms with Crippen LogP contribution in [0.2, 0.25) is 0 Å². The second-order valence-electron chi connectivity index (χ2n) is 3.98. The molecule has 0 radical (unpaired) electrons. The van der Waals surface area contributed by atoms with E-state index in [0.29, 0.717) is 5.56 Å². The summed E-state index contributed by atoms with van der Waals surface area (Å²) in [6, 6.07) is 4.77. The molecule has 0 atom stereocenters. The predicted octanol–water partition coefficient (Wildman–Crippen LogP) is 1.08. The van der Waals surface area contributed by atoms with Gasteiger partial charge in [-0.2, -0.15) is 18.4 Å². The number of aromatic amines is 1. The lowest BCUT2D eigenvalue weighted by atomic mass is 10.1. The van der Waals surface area contributed by atoms with Crippen molar-refractivity contribution in [2.75, 3.05) is 0 Å². The Morgan fingerprint density at radius 3 is 2.80 bits per heavy atom. The molecule has 0 unspecified atom stereocenters. The van der Waals surface area contributed by atoms with Crippen LogP contribution < -0.4 is 5.32 Å². The standard InChI is InChI=1S/C11H10F3N5O/c12-11(13,14)8-3-1-2-7(4-8)6-15-10(20)5-9-16-18-19-17-9/h1-4H,5-6H2,(H,15,20)(H,16,17,18,19). The molecule has 20 heavy (non-hydrogen) atoms. The second-order valence-corrected chi connectivity index (χ2v) is 3.98. The van der Waals surface area contributed by atoms with E-state index >= 15 is 0 Å². The average molecular weight is 285 g/mol. The molecule has 106 valence electrons. The van der Waals surface area contributed by atoms with Gasteiger partial charge < -0.3 is 5.32 Å². The highest BCUT2D eigenvalue weighted by Gasteiger charge is 2.30. The van der Waals surface area contributed by atoms with Crippen LogP contribution in [-0.4, -0.2) is 26.5 Å². The Kier molecular flexibility index (Phi) is 3.97. The first-order valence-electron chi connectivity index (χ1n) is 5.60. The molecule has 1 aromatic heterocycles. The van der Waals surface area contributed by atoms with Crippen molar-refractivity contribution in [1.29, 1.82) is 0 Å². The first-order valence-corrected chi connectivity index (χ1v) is 5.60. The quantitative estimate of drug-likeness (QED) is 0.880. The van der Waals surface area contributed by atoms with Gasteiger partial charge in [0.2, 0.25) is 5.91 Å². The van der Waals surface area contributed by atoms with Gasteiger partial charge in [-0.25, -0.2) is 0 Å². The van der Waals surface area contributed by atoms with Gasteiger partial charge >= 0.3 is 6.18 Å². The molecule has 2 N–H and O–H groups in total. The maximum atomic E-state index is 12.5. The molecule has 1 aromatic carbocycles. The summed E-state index contributed by atoms with van der Waals surface area (Å²) in [6.45, 7) is 0.000600. The Morgan fingerprint density at radius 1 is 1.35 bits per heavy atom. The summed E-state index contributed by atoms with van der Waals surface area (Å²) in [5.74, 6) is -0.185. The van der Waals surface area contributed by atoms with Gasteiger partial charge in [0.05, 0.1) is 12.0 Å². The summed E-state index contributed by atoms with van der Waals surface area (Å²) in [4.78, 5) is 11.5. The maximum Gasteiger partial charge on any atom is 0.416 e. The van der Waals surface area contributed by atoms with Crippen LogP contribution in [0.15, 0.2) is 24.3 Å². The van der Waals surface area contributed by atoms with E-state index in [1.807, 2.05) is 0 Å². The van der Waals surface area contributed by atoms with Crippen LogP contribution in [0.3, 0.4) is 0 Å². The molecule has 6 nitrogen and oxygen atoms in total. The Morgan fingerprint density at radius 2 is 2.15 bits per heavy atom. The van der Waals surface area contributed by atoms with Crippen LogP contribution in [0.5, 0.6) is 0 Å². The minimum atomic E-state index is -4.40. The first kappa shape index (κ1) is 14.0. The molecule has 0 saturated heterocycles. The van der Waals surface area contributed by atoms with Crippen molar-refractivity contribution >= 4 is 5.91 Å². The van der Waals surface area contributed by atoms with Crippen molar-refractivity contribution in [3.8, 4) is 0 Å². The van der Waals surface area contributed by atoms with Crippen LogP contribution in [0, 0.1) is 0 Å². The maximum absolute atomic E-state index is 12.5. The Hall–Kier alpha value is -2.45. The molecule has 0 aliphatic carbocycles. The number of aromatic nitrogens is 4. The fraction of sp³-hybridized carbons (Fsp3) is 0.273. The van der Waals surface area contributed by atoms with E-state index in [9.17, 15) is 18.0 Å². The molecule has 0 spiro atoms. The van der Waals surface area contributed by atoms with Crippen LogP contribution >= 0.6 is 0 Å². The van der Waals surface area contributed by atoms with Crippen molar-refractivity contribution in [3.63, 3.8) is 0 Å². The number of tetrazole rings is 1. The highest BCUT2D eigenvalue weighted by molar-refractivity contribution is 5.77. The number of carbonyl (C=O) groups excluding carboxylic acids is 1. The van der Waals surface area contributed by atoms with Gasteiger partial charge in [-0.15, -0.1) is 10.2 Å². The zero-order valence-electron chi connectivity index (χ0n) is 10.1. The molecule has 0 bridgehead atoms. The average Bonchev–Trinajstić information content (AvgIpc) is 2.88. The van der Waals surface area contributed by atoms with Gasteiger partial charge in [-0.05, 0) is 17.7 Å². The number of amides is 1. The third-order valence-electron chi connectivity index (χ3n) is 2.45. The van der Waals surface area contributed by atoms with E-state index in [0.717, 1.165) is 12.1 Å². The number of carbonyl (C=O) groups is 1. The normalized spacial score (nSPS) is 11.3. The van der Waals surface area contributed by atoms with E-state index in [1.165, 1.54) is 12.1 Å². The van der Waals surface area contributed by atoms with Crippen molar-refractivity contribution in [3.05, 3.63) is 41.2 Å². The highest BCUT2D eigenvalue weighted by Crippen LogP contribution is 2.29. The monoisotopic (exact) mass is 285 g/mol. The van der Waals surface area contributed by atoms with Gasteiger partial charge in [0.15, 0.2) is 5.82 Å². The van der Waals surface area contributed by atoms with Gasteiger partial charge in [0, 0.05) is 6.54 Å². The third-order valence-corrected chi connectivity index (χ3v) is 2.45. The van der Waals surface area contributed by atoms with E-state index in [2.05, 4.69) is 25.9 Å². The minimum absolute atomic E-state index is 0.000600. The molecule has 0 fully saturated rings. The molecule has 2 rings (SSSR count). The Labute approximate surface area is 111 Å². The lowest BCUT2D eigenvalue weighted by Crippen LogP contribution is -2.25. The molecular weight excluding hydrogens is 275 g/mol. The zero-order chi connectivity index (χ0) is 14.6. The SMILES string of the molecule is O=C(Cc1nn[nH]n1)NCc1cccc(C(F)(F)F)c1. The largest absolute Gasteiger partial charge is 0.416 e. The van der Waals surface area contributed by atoms with Crippen molar-refractivity contribution in [2.24, 2.45) is 0 Å². The highest BCUT2D eigenvalue weighted by atomic mass is 19.4. The van der Waals surface area contributed by atoms with Crippen LogP contribution in [0.25, 0.3) is 0 Å². The minimum Gasteiger partial charge on any atom is -0.352 e. The lowest BCUT2D eigenvalue weighted by molar-refractivity contribution is -0.137. The van der Waals surface area contributed by atoms with Gasteiger partial charge in [0.1, 0.15) is 0 Å². The molecule has 0 aliphatic heterocycles. The lowest BCUT2D eigenvalue weighted by Gasteiger charge is -2.09. The van der Waals surface area contributed by atoms with Crippen molar-refractivity contribution in [2.45, 2.75) is 19.1 Å². The van der Waals surface area contributed by atoms with Crippen molar-refractivity contribution in [1.82, 2.24) is 25.9 Å². The summed E-state index contributed by atoms with van der Waals surface area (Å²) in [5.41, 5.74) is -0.385. The second kappa shape index (κ2) is 5.68. The number of nitrogens with one attached hydrogen (secondary N) is 2. The molecule has 2 aromatic rings. The summed E-state index contributed by atoms with van der Waals surface area (Å²) < 4.78 is 37.5. The Balaban J connectivity index is 1.92. The summed E-state index contributed by atoms with van der Waals surface area (Å²) in [6.07, 6.45) is -4.49. The fourth-order valence-corrected chi connectivity index (χ4v) is 1.52. The van der Waals surface area contributed by atoms with Gasteiger partial charge in [-0.3, -0.25) is 4.79 Å². The van der Waals surface area contributed by atoms with E-state index in [1.54, 1.807) is 0 Å². The van der Waals surface area contributed by atoms with E-state index in [4.69, 9.17) is 0 Å².